The van der Waals surface area contributed by atoms with E-state index in [1.54, 1.807) is 12.1 Å². The Morgan fingerprint density at radius 2 is 2.20 bits per heavy atom. The highest BCUT2D eigenvalue weighted by Gasteiger charge is 2.11. The van der Waals surface area contributed by atoms with Crippen molar-refractivity contribution in [3.05, 3.63) is 39.2 Å². The molecule has 76 valence electrons. The lowest BCUT2D eigenvalue weighted by Crippen LogP contribution is -1.88. The summed E-state index contributed by atoms with van der Waals surface area (Å²) in [5.41, 5.74) is 0.504. The zero-order valence-corrected chi connectivity index (χ0v) is 8.84. The third-order valence-corrected chi connectivity index (χ3v) is 2.02. The lowest BCUT2D eigenvalue weighted by Gasteiger charge is -1.94. The Morgan fingerprint density at radius 1 is 1.40 bits per heavy atom. The zero-order valence-electron chi connectivity index (χ0n) is 7.25. The summed E-state index contributed by atoms with van der Waals surface area (Å²) < 4.78 is 5.08. The summed E-state index contributed by atoms with van der Waals surface area (Å²) >= 11 is 3.00. The number of nitrogens with zero attached hydrogens (tertiary/aromatic N) is 3. The predicted octanol–water partition coefficient (Wildman–Crippen LogP) is 2.41. The number of hydrogen-bond donors (Lipinski definition) is 0. The molecular weight excluding hydrogens is 266 g/mol. The summed E-state index contributed by atoms with van der Waals surface area (Å²) in [6, 6.07) is 5.99. The van der Waals surface area contributed by atoms with Gasteiger partial charge < -0.3 is 4.42 Å². The predicted molar refractivity (Wildman–Crippen MR) is 54.1 cm³/mol. The quantitative estimate of drug-likeness (QED) is 0.618. The molecule has 0 saturated heterocycles. The van der Waals surface area contributed by atoms with Crippen LogP contribution in [-0.2, 0) is 0 Å². The summed E-state index contributed by atoms with van der Waals surface area (Å²) in [5, 5.41) is 17.8. The minimum atomic E-state index is -0.477. The third-order valence-electron chi connectivity index (χ3n) is 1.70. The number of nitro groups is 1. The van der Waals surface area contributed by atoms with Gasteiger partial charge >= 0.3 is 0 Å². The molecule has 15 heavy (non-hydrogen) atoms. The van der Waals surface area contributed by atoms with Crippen molar-refractivity contribution in [2.24, 2.45) is 0 Å². The van der Waals surface area contributed by atoms with E-state index in [1.165, 1.54) is 12.1 Å². The maximum absolute atomic E-state index is 10.5. The molecule has 1 aromatic carbocycles. The van der Waals surface area contributed by atoms with Gasteiger partial charge in [0.1, 0.15) is 0 Å². The first kappa shape index (κ1) is 9.78. The van der Waals surface area contributed by atoms with Crippen molar-refractivity contribution in [2.45, 2.75) is 0 Å². The molecule has 2 aromatic rings. The number of aromatic nitrogens is 2. The van der Waals surface area contributed by atoms with E-state index in [0.29, 0.717) is 5.56 Å². The molecule has 0 spiro atoms. The Hall–Kier alpha value is -1.76. The molecule has 6 nitrogen and oxygen atoms in total. The van der Waals surface area contributed by atoms with Crippen LogP contribution in [0.5, 0.6) is 0 Å². The smallest absolute Gasteiger partial charge is 0.285 e. The SMILES string of the molecule is O=[N+]([O-])c1cccc(-c2nnc(Br)o2)c1. The first-order chi connectivity index (χ1) is 7.16. The average molecular weight is 270 g/mol. The maximum Gasteiger partial charge on any atom is 0.285 e. The Bertz CT molecular complexity index is 511. The van der Waals surface area contributed by atoms with Gasteiger partial charge in [-0.25, -0.2) is 0 Å². The third kappa shape index (κ3) is 2.01. The van der Waals surface area contributed by atoms with E-state index in [1.807, 2.05) is 0 Å². The van der Waals surface area contributed by atoms with Gasteiger partial charge in [-0.1, -0.05) is 6.07 Å². The monoisotopic (exact) mass is 269 g/mol. The molecule has 7 heteroatoms. The molecule has 1 heterocycles. The summed E-state index contributed by atoms with van der Waals surface area (Å²) in [6.07, 6.45) is 0. The van der Waals surface area contributed by atoms with Crippen molar-refractivity contribution in [1.29, 1.82) is 0 Å². The molecule has 0 fully saturated rings. The van der Waals surface area contributed by atoms with Crippen LogP contribution in [0.2, 0.25) is 0 Å². The van der Waals surface area contributed by atoms with Crippen LogP contribution in [0.25, 0.3) is 11.5 Å². The highest BCUT2D eigenvalue weighted by atomic mass is 79.9. The molecule has 1 aromatic heterocycles. The number of halogens is 1. The van der Waals surface area contributed by atoms with E-state index >= 15 is 0 Å². The van der Waals surface area contributed by atoms with Crippen LogP contribution in [0.3, 0.4) is 0 Å². The van der Waals surface area contributed by atoms with Crippen LogP contribution in [0.15, 0.2) is 33.5 Å². The van der Waals surface area contributed by atoms with Crippen molar-refractivity contribution in [2.75, 3.05) is 0 Å². The highest BCUT2D eigenvalue weighted by Crippen LogP contribution is 2.23. The fourth-order valence-corrected chi connectivity index (χ4v) is 1.31. The minimum absolute atomic E-state index is 0.0122. The number of non-ortho nitro benzene ring substituents is 1. The van der Waals surface area contributed by atoms with Gasteiger partial charge in [0, 0.05) is 33.6 Å². The van der Waals surface area contributed by atoms with Crippen LogP contribution in [0.4, 0.5) is 5.69 Å². The van der Waals surface area contributed by atoms with Crippen LogP contribution < -0.4 is 0 Å². The first-order valence-corrected chi connectivity index (χ1v) is 4.70. The largest absolute Gasteiger partial charge is 0.411 e. The topological polar surface area (TPSA) is 82.1 Å². The number of rotatable bonds is 2. The molecule has 0 radical (unpaired) electrons. The first-order valence-electron chi connectivity index (χ1n) is 3.90. The van der Waals surface area contributed by atoms with Gasteiger partial charge in [0.25, 0.3) is 10.5 Å². The molecule has 0 amide bonds. The Morgan fingerprint density at radius 3 is 2.80 bits per heavy atom. The summed E-state index contributed by atoms with van der Waals surface area (Å²) in [5.74, 6) is 0.241. The van der Waals surface area contributed by atoms with E-state index in [2.05, 4.69) is 26.1 Å². The molecule has 0 N–H and O–H groups in total. The Balaban J connectivity index is 2.45. The van der Waals surface area contributed by atoms with Crippen LogP contribution in [0, 0.1) is 10.1 Å². The van der Waals surface area contributed by atoms with Crippen molar-refractivity contribution in [1.82, 2.24) is 10.2 Å². The van der Waals surface area contributed by atoms with Crippen molar-refractivity contribution < 1.29 is 9.34 Å². The molecule has 0 unspecified atom stereocenters. The molecular formula is C8H4BrN3O3. The van der Waals surface area contributed by atoms with Crippen LogP contribution >= 0.6 is 15.9 Å². The lowest BCUT2D eigenvalue weighted by molar-refractivity contribution is -0.384. The van der Waals surface area contributed by atoms with Crippen LogP contribution in [0.1, 0.15) is 0 Å². The fourth-order valence-electron chi connectivity index (χ4n) is 1.07. The molecule has 0 aliphatic carbocycles. The summed E-state index contributed by atoms with van der Waals surface area (Å²) in [6.45, 7) is 0. The van der Waals surface area contributed by atoms with Crippen molar-refractivity contribution >= 4 is 21.6 Å². The molecule has 0 aliphatic heterocycles. The van der Waals surface area contributed by atoms with E-state index in [4.69, 9.17) is 4.42 Å². The lowest BCUT2D eigenvalue weighted by atomic mass is 10.2. The Kier molecular flexibility index (Phi) is 2.46. The Labute approximate surface area is 92.2 Å². The molecule has 0 saturated carbocycles. The van der Waals surface area contributed by atoms with Crippen LogP contribution in [-0.4, -0.2) is 15.1 Å². The standard InChI is InChI=1S/C8H4BrN3O3/c9-8-11-10-7(15-8)5-2-1-3-6(4-5)12(13)14/h1-4H. The van der Waals surface area contributed by atoms with Gasteiger partial charge in [-0.3, -0.25) is 10.1 Å². The molecule has 2 rings (SSSR count). The summed E-state index contributed by atoms with van der Waals surface area (Å²) in [4.78, 5) is 10.3. The summed E-state index contributed by atoms with van der Waals surface area (Å²) in [7, 11) is 0. The maximum atomic E-state index is 10.5. The van der Waals surface area contributed by atoms with Gasteiger partial charge in [0.15, 0.2) is 0 Å². The molecule has 0 bridgehead atoms. The zero-order chi connectivity index (χ0) is 10.8. The van der Waals surface area contributed by atoms with Crippen molar-refractivity contribution in [3.63, 3.8) is 0 Å². The number of nitro benzene ring substituents is 1. The van der Waals surface area contributed by atoms with E-state index in [0.717, 1.165) is 0 Å². The molecule has 0 atom stereocenters. The van der Waals surface area contributed by atoms with E-state index in [-0.39, 0.29) is 16.4 Å². The van der Waals surface area contributed by atoms with Gasteiger partial charge in [-0.2, -0.15) is 0 Å². The van der Waals surface area contributed by atoms with Gasteiger partial charge in [0.2, 0.25) is 5.89 Å². The van der Waals surface area contributed by atoms with E-state index < -0.39 is 4.92 Å². The number of benzene rings is 1. The van der Waals surface area contributed by atoms with Gasteiger partial charge in [-0.15, -0.1) is 10.2 Å². The average Bonchev–Trinajstić information content (AvgIpc) is 2.65. The van der Waals surface area contributed by atoms with Gasteiger partial charge in [0.05, 0.1) is 4.92 Å². The van der Waals surface area contributed by atoms with Gasteiger partial charge in [-0.05, 0) is 6.07 Å². The fraction of sp³-hybridized carbons (Fsp3) is 0. The second-order valence-corrected chi connectivity index (χ2v) is 3.35. The highest BCUT2D eigenvalue weighted by molar-refractivity contribution is 9.10. The minimum Gasteiger partial charge on any atom is -0.411 e. The van der Waals surface area contributed by atoms with E-state index in [9.17, 15) is 10.1 Å². The number of hydrogen-bond acceptors (Lipinski definition) is 5. The second-order valence-electron chi connectivity index (χ2n) is 2.67. The molecule has 0 aliphatic rings. The van der Waals surface area contributed by atoms with Crippen molar-refractivity contribution in [3.8, 4) is 11.5 Å². The normalized spacial score (nSPS) is 10.2. The second kappa shape index (κ2) is 3.77.